The summed E-state index contributed by atoms with van der Waals surface area (Å²) in [7, 11) is -29.0. The summed E-state index contributed by atoms with van der Waals surface area (Å²) in [6.45, 7) is 31.2. The number of hydrogen-bond donors (Lipinski definition) is 1. The van der Waals surface area contributed by atoms with Gasteiger partial charge in [-0.1, -0.05) is 96.9 Å². The van der Waals surface area contributed by atoms with Crippen molar-refractivity contribution >= 4 is 70.4 Å². The second-order valence-electron chi connectivity index (χ2n) is 19.1. The van der Waals surface area contributed by atoms with Gasteiger partial charge >= 0.3 is 70.4 Å². The maximum absolute atomic E-state index is 7.75. The highest BCUT2D eigenvalue weighted by molar-refractivity contribution is 7.03. The third-order valence-corrected chi connectivity index (χ3v) is 49.3. The highest BCUT2D eigenvalue weighted by Crippen LogP contribution is 2.55. The molecule has 6 heterocycles. The average Bonchev–Trinajstić information content (AvgIpc) is 2.85. The van der Waals surface area contributed by atoms with Gasteiger partial charge in [0.2, 0.25) is 0 Å². The van der Waals surface area contributed by atoms with E-state index in [0.717, 1.165) is 13.0 Å². The van der Waals surface area contributed by atoms with E-state index in [1.165, 1.54) is 0 Å². The monoisotopic (exact) mass is 887 g/mol. The van der Waals surface area contributed by atoms with Crippen molar-refractivity contribution in [3.8, 4) is 0 Å². The molecule has 13 nitrogen and oxygen atoms in total. The Morgan fingerprint density at radius 1 is 0.302 bits per heavy atom. The molecule has 0 spiro atoms. The molecule has 6 saturated heterocycles. The number of nitrogens with one attached hydrogen (secondary N) is 1. The second kappa shape index (κ2) is 16.7. The fourth-order valence-corrected chi connectivity index (χ4v) is 59.9. The first-order chi connectivity index (χ1) is 24.5. The predicted molar refractivity (Wildman–Crippen MR) is 220 cm³/mol. The van der Waals surface area contributed by atoms with Crippen LogP contribution in [0.3, 0.4) is 0 Å². The van der Waals surface area contributed by atoms with Crippen molar-refractivity contribution in [2.75, 3.05) is 13.6 Å². The Kier molecular flexibility index (Phi) is 14.3. The number of rotatable bonds is 18. The van der Waals surface area contributed by atoms with Crippen molar-refractivity contribution in [2.45, 2.75) is 152 Å². The fourth-order valence-electron chi connectivity index (χ4n) is 8.35. The standard InChI is InChI=1S/C32H73NO12Si8/c1-26(2)19-47-34-46(18-16-17-33-15)35-48(20-27(3)4)39-50(37-47,22-29(7)8)43-53(25-32(13)14)44-51(38-47,23-30(9)10)40-49(36-46,21-28(5)6)42-52(41-48,45-53)24-31(11)12/h26-33H,16-25H2,1-15H3. The van der Waals surface area contributed by atoms with E-state index < -0.39 is 70.4 Å². The maximum Gasteiger partial charge on any atom is 0.479 e. The molecule has 1 N–H and O–H groups in total. The molecule has 0 amide bonds. The van der Waals surface area contributed by atoms with Crippen LogP contribution in [0.4, 0.5) is 0 Å². The van der Waals surface area contributed by atoms with Gasteiger partial charge in [-0.3, -0.25) is 0 Å². The van der Waals surface area contributed by atoms with Gasteiger partial charge in [0.15, 0.2) is 0 Å². The number of hydrogen-bond acceptors (Lipinski definition) is 13. The fraction of sp³-hybridized carbons (Fsp3) is 1.00. The van der Waals surface area contributed by atoms with Gasteiger partial charge in [0.25, 0.3) is 0 Å². The zero-order valence-corrected chi connectivity index (χ0v) is 43.5. The first-order valence-corrected chi connectivity index (χ1v) is 36.0. The van der Waals surface area contributed by atoms with Crippen LogP contribution in [0.5, 0.6) is 0 Å². The summed E-state index contributed by atoms with van der Waals surface area (Å²) in [5.41, 5.74) is 0. The topological polar surface area (TPSA) is 123 Å². The van der Waals surface area contributed by atoms with Crippen LogP contribution in [0, 0.1) is 41.4 Å². The zero-order chi connectivity index (χ0) is 39.3. The summed E-state index contributed by atoms with van der Waals surface area (Å²) < 4.78 is 93.0. The van der Waals surface area contributed by atoms with Gasteiger partial charge in [0, 0.05) is 48.4 Å². The summed E-state index contributed by atoms with van der Waals surface area (Å²) in [6.07, 6.45) is 0.735. The van der Waals surface area contributed by atoms with E-state index in [9.17, 15) is 0 Å². The molecule has 0 radical (unpaired) electrons. The SMILES string of the molecule is CNCCC[Si]12O[Si]3(CC(C)C)O[Si]4(CC(C)C)O[Si](CC(C)C)(O1)O[Si]1(CC(C)C)O[Si](CC(C)C)(O2)O[Si](CC(C)C)(O3)O[Si](CC(C)C)(O4)O1. The molecule has 21 heteroatoms. The van der Waals surface area contributed by atoms with Gasteiger partial charge in [-0.05, 0) is 61.4 Å². The summed E-state index contributed by atoms with van der Waals surface area (Å²) in [6, 6.07) is 4.04. The Hall–Kier alpha value is 1.22. The van der Waals surface area contributed by atoms with Gasteiger partial charge in [0.05, 0.1) is 0 Å². The van der Waals surface area contributed by atoms with Crippen molar-refractivity contribution < 1.29 is 49.4 Å². The second-order valence-corrected chi connectivity index (χ2v) is 43.2. The van der Waals surface area contributed by atoms with Crippen molar-refractivity contribution in [3.05, 3.63) is 0 Å². The molecule has 0 saturated carbocycles. The molecule has 0 aromatic heterocycles. The molecule has 310 valence electrons. The summed E-state index contributed by atoms with van der Waals surface area (Å²) in [4.78, 5) is 0. The zero-order valence-electron chi connectivity index (χ0n) is 35.5. The molecule has 6 aliphatic heterocycles. The highest BCUT2D eigenvalue weighted by Gasteiger charge is 2.83. The molecule has 6 rings (SSSR count). The van der Waals surface area contributed by atoms with Crippen LogP contribution in [0.15, 0.2) is 0 Å². The molecule has 8 bridgehead atoms. The van der Waals surface area contributed by atoms with Crippen LogP contribution >= 0.6 is 0 Å². The van der Waals surface area contributed by atoms with Crippen molar-refractivity contribution in [1.82, 2.24) is 5.32 Å². The van der Waals surface area contributed by atoms with E-state index >= 15 is 0 Å². The van der Waals surface area contributed by atoms with Crippen molar-refractivity contribution in [3.63, 3.8) is 0 Å². The van der Waals surface area contributed by atoms with E-state index in [2.05, 4.69) is 102 Å². The summed E-state index contributed by atoms with van der Waals surface area (Å²) >= 11 is 0. The molecule has 0 aromatic rings. The lowest BCUT2D eigenvalue weighted by Crippen LogP contribution is -2.88. The van der Waals surface area contributed by atoms with Crippen LogP contribution in [-0.2, 0) is 49.4 Å². The average molecular weight is 889 g/mol. The molecule has 0 aromatic carbocycles. The first-order valence-electron chi connectivity index (χ1n) is 20.5. The molecular formula is C32H73NO12Si8. The van der Waals surface area contributed by atoms with Gasteiger partial charge in [0.1, 0.15) is 0 Å². The Labute approximate surface area is 330 Å². The van der Waals surface area contributed by atoms with E-state index in [0.29, 0.717) is 48.4 Å². The third-order valence-electron chi connectivity index (χ3n) is 9.25. The Balaban J connectivity index is 1.95. The summed E-state index contributed by atoms with van der Waals surface area (Å²) in [5, 5.41) is 3.32. The van der Waals surface area contributed by atoms with Crippen LogP contribution < -0.4 is 5.32 Å². The Morgan fingerprint density at radius 3 is 0.623 bits per heavy atom. The largest absolute Gasteiger partial charge is 0.479 e. The minimum Gasteiger partial charge on any atom is -0.373 e. The van der Waals surface area contributed by atoms with Crippen LogP contribution in [0.2, 0.25) is 48.4 Å². The Bertz CT molecular complexity index is 1100. The van der Waals surface area contributed by atoms with Gasteiger partial charge in [-0.15, -0.1) is 0 Å². The lowest BCUT2D eigenvalue weighted by Gasteiger charge is -2.64. The molecule has 0 unspecified atom stereocenters. The van der Waals surface area contributed by atoms with E-state index in [-0.39, 0.29) is 41.4 Å². The maximum atomic E-state index is 7.75. The van der Waals surface area contributed by atoms with Crippen LogP contribution in [0.25, 0.3) is 0 Å². The minimum absolute atomic E-state index is 0.143. The molecule has 6 fully saturated rings. The van der Waals surface area contributed by atoms with E-state index in [1.54, 1.807) is 0 Å². The first kappa shape index (κ1) is 45.3. The lowest BCUT2D eigenvalue weighted by molar-refractivity contribution is -0.0341. The van der Waals surface area contributed by atoms with Crippen LogP contribution in [0.1, 0.15) is 103 Å². The van der Waals surface area contributed by atoms with Crippen molar-refractivity contribution in [2.24, 2.45) is 41.4 Å². The van der Waals surface area contributed by atoms with Crippen molar-refractivity contribution in [1.29, 1.82) is 0 Å². The smallest absolute Gasteiger partial charge is 0.373 e. The molecule has 53 heavy (non-hydrogen) atoms. The molecule has 0 aliphatic carbocycles. The highest BCUT2D eigenvalue weighted by atomic mass is 28.6. The third kappa shape index (κ3) is 10.7. The summed E-state index contributed by atoms with van der Waals surface area (Å²) in [5.74, 6) is 1.01. The Morgan fingerprint density at radius 2 is 0.472 bits per heavy atom. The predicted octanol–water partition coefficient (Wildman–Crippen LogP) is 7.97. The van der Waals surface area contributed by atoms with E-state index in [1.807, 2.05) is 7.05 Å². The minimum atomic E-state index is -3.87. The van der Waals surface area contributed by atoms with Gasteiger partial charge in [-0.2, -0.15) is 0 Å². The quantitative estimate of drug-likeness (QED) is 0.106. The molecular weight excluding hydrogens is 815 g/mol. The molecule has 0 atom stereocenters. The van der Waals surface area contributed by atoms with E-state index in [4.69, 9.17) is 49.4 Å². The van der Waals surface area contributed by atoms with Gasteiger partial charge in [-0.25, -0.2) is 0 Å². The normalized spacial score (nSPS) is 41.3. The van der Waals surface area contributed by atoms with Gasteiger partial charge < -0.3 is 54.7 Å². The molecule has 6 aliphatic rings. The van der Waals surface area contributed by atoms with Crippen LogP contribution in [-0.4, -0.2) is 84.0 Å². The lowest BCUT2D eigenvalue weighted by atomic mass is 10.3.